The lowest BCUT2D eigenvalue weighted by Crippen LogP contribution is -2.29. The van der Waals surface area contributed by atoms with Crippen molar-refractivity contribution < 1.29 is 26.4 Å². The van der Waals surface area contributed by atoms with Crippen LogP contribution < -0.4 is 0 Å². The maximum absolute atomic E-state index is 11.3. The van der Waals surface area contributed by atoms with Crippen molar-refractivity contribution in [2.45, 2.75) is 24.3 Å². The Morgan fingerprint density at radius 1 is 1.17 bits per heavy atom. The number of hydrogen-bond acceptors (Lipinski definition) is 6. The zero-order valence-electron chi connectivity index (χ0n) is 10.7. The van der Waals surface area contributed by atoms with Gasteiger partial charge in [-0.1, -0.05) is 6.58 Å². The zero-order valence-corrected chi connectivity index (χ0v) is 12.3. The van der Waals surface area contributed by atoms with Crippen LogP contribution in [0.4, 0.5) is 0 Å². The van der Waals surface area contributed by atoms with Crippen molar-refractivity contribution in [2.24, 2.45) is 0 Å². The molecule has 0 amide bonds. The number of rotatable bonds is 7. The highest BCUT2D eigenvalue weighted by Gasteiger charge is 2.30. The van der Waals surface area contributed by atoms with Crippen molar-refractivity contribution in [3.05, 3.63) is 12.2 Å². The van der Waals surface area contributed by atoms with Crippen molar-refractivity contribution in [1.29, 1.82) is 0 Å². The molecule has 0 unspecified atom stereocenters. The number of sulfone groups is 2. The monoisotopic (exact) mass is 298 g/mol. The molecular weight excluding hydrogens is 280 g/mol. The normalized spacial score (nSPS) is 12.4. The van der Waals surface area contributed by atoms with E-state index < -0.39 is 30.2 Å². The van der Waals surface area contributed by atoms with Crippen LogP contribution in [0.3, 0.4) is 0 Å². The minimum absolute atomic E-state index is 0.0345. The Labute approximate surface area is 108 Å². The fourth-order valence-electron chi connectivity index (χ4n) is 1.28. The van der Waals surface area contributed by atoms with Gasteiger partial charge in [-0.15, -0.1) is 0 Å². The second-order valence-corrected chi connectivity index (χ2v) is 8.90. The molecule has 0 N–H and O–H groups in total. The van der Waals surface area contributed by atoms with Gasteiger partial charge in [0.05, 0.1) is 6.61 Å². The lowest BCUT2D eigenvalue weighted by molar-refractivity contribution is -0.139. The van der Waals surface area contributed by atoms with E-state index in [1.807, 2.05) is 0 Å². The smallest absolute Gasteiger partial charge is 0.333 e. The summed E-state index contributed by atoms with van der Waals surface area (Å²) in [6, 6.07) is 0. The molecule has 0 aromatic rings. The molecule has 0 aromatic heterocycles. The first-order valence-corrected chi connectivity index (χ1v) is 9.07. The highest BCUT2D eigenvalue weighted by molar-refractivity contribution is 8.08. The molecule has 0 saturated heterocycles. The molecule has 106 valence electrons. The van der Waals surface area contributed by atoms with Gasteiger partial charge in [-0.3, -0.25) is 0 Å². The molecule has 0 aliphatic carbocycles. The number of carbonyl (C=O) groups is 1. The third-order valence-corrected chi connectivity index (χ3v) is 6.60. The molecule has 0 aromatic carbocycles. The first kappa shape index (κ1) is 17.1. The van der Waals surface area contributed by atoms with Crippen LogP contribution in [0.5, 0.6) is 0 Å². The summed E-state index contributed by atoms with van der Waals surface area (Å²) >= 11 is 0. The van der Waals surface area contributed by atoms with Crippen LogP contribution in [0, 0.1) is 0 Å². The lowest BCUT2D eigenvalue weighted by atomic mass is 10.3. The Balaban J connectivity index is 4.42. The maximum atomic E-state index is 11.3. The van der Waals surface area contributed by atoms with Crippen molar-refractivity contribution >= 4 is 25.6 Å². The second kappa shape index (κ2) is 6.33. The predicted molar refractivity (Wildman–Crippen MR) is 68.5 cm³/mol. The summed E-state index contributed by atoms with van der Waals surface area (Å²) < 4.78 is 48.6. The Hall–Kier alpha value is -0.890. The summed E-state index contributed by atoms with van der Waals surface area (Å²) in [6.07, 6.45) is 1.81. The molecule has 0 atom stereocenters. The standard InChI is InChI=1S/C10H18O6S2/c1-8(2)10(11)16-7-5-6-9(17(3,12)13)18(4,14)15/h9H,1,5-7H2,2-4H3. The summed E-state index contributed by atoms with van der Waals surface area (Å²) in [7, 11) is -7.37. The average Bonchev–Trinajstić information content (AvgIpc) is 2.12. The fraction of sp³-hybridized carbons (Fsp3) is 0.700. The van der Waals surface area contributed by atoms with E-state index in [2.05, 4.69) is 6.58 Å². The van der Waals surface area contributed by atoms with Gasteiger partial charge in [-0.2, -0.15) is 0 Å². The Morgan fingerprint density at radius 3 is 1.94 bits per heavy atom. The van der Waals surface area contributed by atoms with Gasteiger partial charge in [-0.25, -0.2) is 21.6 Å². The molecule has 0 bridgehead atoms. The molecule has 0 radical (unpaired) electrons. The van der Waals surface area contributed by atoms with E-state index in [0.717, 1.165) is 12.5 Å². The maximum Gasteiger partial charge on any atom is 0.333 e. The van der Waals surface area contributed by atoms with E-state index >= 15 is 0 Å². The van der Waals surface area contributed by atoms with E-state index in [4.69, 9.17) is 4.74 Å². The largest absolute Gasteiger partial charge is 0.462 e. The van der Waals surface area contributed by atoms with Gasteiger partial charge in [0.1, 0.15) is 0 Å². The van der Waals surface area contributed by atoms with E-state index in [1.54, 1.807) is 0 Å². The van der Waals surface area contributed by atoms with Crippen LogP contribution in [0.25, 0.3) is 0 Å². The number of carbonyl (C=O) groups excluding carboxylic acids is 1. The molecule has 0 heterocycles. The summed E-state index contributed by atoms with van der Waals surface area (Å²) in [5.74, 6) is -0.578. The second-order valence-electron chi connectivity index (χ2n) is 4.15. The van der Waals surface area contributed by atoms with Crippen LogP contribution in [0.1, 0.15) is 19.8 Å². The van der Waals surface area contributed by atoms with Gasteiger partial charge in [0.15, 0.2) is 24.3 Å². The highest BCUT2D eigenvalue weighted by atomic mass is 32.3. The number of esters is 1. The molecule has 0 fully saturated rings. The van der Waals surface area contributed by atoms with Crippen LogP contribution in [-0.2, 0) is 29.2 Å². The third-order valence-electron chi connectivity index (χ3n) is 2.12. The average molecular weight is 298 g/mol. The summed E-state index contributed by atoms with van der Waals surface area (Å²) in [5, 5.41) is 0. The van der Waals surface area contributed by atoms with Crippen LogP contribution in [0.2, 0.25) is 0 Å². The predicted octanol–water partition coefficient (Wildman–Crippen LogP) is 0.301. The minimum atomic E-state index is -3.69. The molecule has 0 spiro atoms. The van der Waals surface area contributed by atoms with Gasteiger partial charge >= 0.3 is 5.97 Å². The lowest BCUT2D eigenvalue weighted by Gasteiger charge is -2.12. The topological polar surface area (TPSA) is 94.6 Å². The SMILES string of the molecule is C=C(C)C(=O)OCCCC(S(C)(=O)=O)S(C)(=O)=O. The first-order chi connectivity index (χ1) is 7.96. The Kier molecular flexibility index (Phi) is 6.01. The summed E-state index contributed by atoms with van der Waals surface area (Å²) in [6.45, 7) is 4.83. The first-order valence-electron chi connectivity index (χ1n) is 5.16. The van der Waals surface area contributed by atoms with Crippen molar-refractivity contribution in [3.8, 4) is 0 Å². The van der Waals surface area contributed by atoms with Gasteiger partial charge in [0.25, 0.3) is 0 Å². The fourth-order valence-corrected chi connectivity index (χ4v) is 5.01. The van der Waals surface area contributed by atoms with Gasteiger partial charge in [0.2, 0.25) is 0 Å². The third kappa shape index (κ3) is 6.15. The number of ether oxygens (including phenoxy) is 1. The Morgan fingerprint density at radius 2 is 1.61 bits per heavy atom. The van der Waals surface area contributed by atoms with Crippen molar-refractivity contribution in [1.82, 2.24) is 0 Å². The van der Waals surface area contributed by atoms with Crippen molar-refractivity contribution in [3.63, 3.8) is 0 Å². The van der Waals surface area contributed by atoms with Crippen LogP contribution >= 0.6 is 0 Å². The van der Waals surface area contributed by atoms with E-state index in [1.165, 1.54) is 6.92 Å². The van der Waals surface area contributed by atoms with Gasteiger partial charge in [-0.05, 0) is 19.8 Å². The van der Waals surface area contributed by atoms with Crippen LogP contribution in [-0.4, -0.2) is 46.5 Å². The molecule has 6 nitrogen and oxygen atoms in total. The van der Waals surface area contributed by atoms with E-state index in [9.17, 15) is 21.6 Å². The Bertz CT molecular complexity index is 483. The summed E-state index contributed by atoms with van der Waals surface area (Å²) in [5.41, 5.74) is 0.234. The quantitative estimate of drug-likeness (QED) is 0.381. The zero-order chi connectivity index (χ0) is 14.6. The molecule has 0 rings (SSSR count). The molecule has 0 saturated carbocycles. The molecule has 0 aliphatic rings. The molecule has 18 heavy (non-hydrogen) atoms. The summed E-state index contributed by atoms with van der Waals surface area (Å²) in [4.78, 5) is 11.0. The number of hydrogen-bond donors (Lipinski definition) is 0. The highest BCUT2D eigenvalue weighted by Crippen LogP contribution is 2.14. The van der Waals surface area contributed by atoms with E-state index in [-0.39, 0.29) is 25.0 Å². The van der Waals surface area contributed by atoms with Crippen molar-refractivity contribution in [2.75, 3.05) is 19.1 Å². The van der Waals surface area contributed by atoms with Gasteiger partial charge < -0.3 is 4.74 Å². The van der Waals surface area contributed by atoms with Crippen LogP contribution in [0.15, 0.2) is 12.2 Å². The minimum Gasteiger partial charge on any atom is -0.462 e. The van der Waals surface area contributed by atoms with Gasteiger partial charge in [0, 0.05) is 18.1 Å². The van der Waals surface area contributed by atoms with E-state index in [0.29, 0.717) is 0 Å². The molecular formula is C10H18O6S2. The molecule has 8 heteroatoms. The molecule has 0 aliphatic heterocycles.